The molecule has 0 saturated carbocycles. The number of hydrogen-bond donors (Lipinski definition) is 0. The molecular formula is C20H22ClN3O3S. The van der Waals surface area contributed by atoms with Crippen molar-refractivity contribution < 1.29 is 13.9 Å². The van der Waals surface area contributed by atoms with Gasteiger partial charge in [-0.15, -0.1) is 10.2 Å². The maximum atomic E-state index is 12.7. The highest BCUT2D eigenvalue weighted by atomic mass is 35.5. The summed E-state index contributed by atoms with van der Waals surface area (Å²) in [5.74, 6) is 0.656. The fourth-order valence-electron chi connectivity index (χ4n) is 3.24. The van der Waals surface area contributed by atoms with Gasteiger partial charge in [-0.1, -0.05) is 23.4 Å². The number of methoxy groups -OCH3 is 1. The van der Waals surface area contributed by atoms with Crippen molar-refractivity contribution in [1.82, 2.24) is 14.8 Å². The number of nitrogens with zero attached hydrogens (tertiary/aromatic N) is 3. The van der Waals surface area contributed by atoms with Gasteiger partial charge in [0.05, 0.1) is 18.4 Å². The van der Waals surface area contributed by atoms with Gasteiger partial charge in [0.2, 0.25) is 5.89 Å². The lowest BCUT2D eigenvalue weighted by Gasteiger charge is -2.17. The first kappa shape index (κ1) is 20.6. The number of thioether (sulfide) groups is 1. The van der Waals surface area contributed by atoms with Crippen molar-refractivity contribution in [2.75, 3.05) is 19.5 Å². The summed E-state index contributed by atoms with van der Waals surface area (Å²) in [4.78, 5) is 12.7. The Labute approximate surface area is 173 Å². The standard InChI is InChI=1S/C20H22ClN3O3S/c1-12-9-17(14(3)24(12)13(2)10-26-4)18(25)11-28-20-23-22-19(27-20)15-5-7-16(21)8-6-15/h5-9,13H,10-11H2,1-4H3. The molecule has 0 aliphatic heterocycles. The van der Waals surface area contributed by atoms with Crippen LogP contribution in [0.2, 0.25) is 5.02 Å². The number of ether oxygens (including phenoxy) is 1. The Kier molecular flexibility index (Phi) is 6.59. The third-order valence-electron chi connectivity index (χ3n) is 4.46. The first-order chi connectivity index (χ1) is 13.4. The van der Waals surface area contributed by atoms with Crippen LogP contribution in [0.25, 0.3) is 11.5 Å². The summed E-state index contributed by atoms with van der Waals surface area (Å²) in [5, 5.41) is 9.05. The molecule has 0 fully saturated rings. The Hall–Kier alpha value is -2.09. The molecule has 0 spiro atoms. The van der Waals surface area contributed by atoms with E-state index in [1.807, 2.05) is 32.0 Å². The summed E-state index contributed by atoms with van der Waals surface area (Å²) in [7, 11) is 1.68. The summed E-state index contributed by atoms with van der Waals surface area (Å²) in [5.41, 5.74) is 3.48. The van der Waals surface area contributed by atoms with Gasteiger partial charge < -0.3 is 13.7 Å². The number of aromatic nitrogens is 3. The second-order valence-electron chi connectivity index (χ2n) is 6.55. The van der Waals surface area contributed by atoms with Crippen LogP contribution in [-0.2, 0) is 4.74 Å². The Morgan fingerprint density at radius 3 is 2.68 bits per heavy atom. The zero-order valence-electron chi connectivity index (χ0n) is 16.2. The van der Waals surface area contributed by atoms with E-state index in [1.165, 1.54) is 11.8 Å². The van der Waals surface area contributed by atoms with Crippen LogP contribution in [0.15, 0.2) is 40.0 Å². The van der Waals surface area contributed by atoms with Crippen molar-refractivity contribution in [2.24, 2.45) is 0 Å². The van der Waals surface area contributed by atoms with Crippen LogP contribution >= 0.6 is 23.4 Å². The highest BCUT2D eigenvalue weighted by Gasteiger charge is 2.20. The number of carbonyl (C=O) groups excluding carboxylic acids is 1. The van der Waals surface area contributed by atoms with Gasteiger partial charge in [-0.05, 0) is 51.1 Å². The molecule has 2 aromatic heterocycles. The average Bonchev–Trinajstić information content (AvgIpc) is 3.25. The molecule has 0 saturated heterocycles. The van der Waals surface area contributed by atoms with Gasteiger partial charge in [0.1, 0.15) is 0 Å². The first-order valence-electron chi connectivity index (χ1n) is 8.83. The molecular weight excluding hydrogens is 398 g/mol. The Morgan fingerprint density at radius 2 is 2.00 bits per heavy atom. The summed E-state index contributed by atoms with van der Waals surface area (Å²) in [6, 6.07) is 9.24. The van der Waals surface area contributed by atoms with E-state index in [9.17, 15) is 4.79 Å². The normalized spacial score (nSPS) is 12.3. The quantitative estimate of drug-likeness (QED) is 0.378. The minimum atomic E-state index is 0.0280. The van der Waals surface area contributed by atoms with Gasteiger partial charge in [0, 0.05) is 34.6 Å². The van der Waals surface area contributed by atoms with E-state index in [2.05, 4.69) is 21.7 Å². The largest absolute Gasteiger partial charge is 0.411 e. The SMILES string of the molecule is COCC(C)n1c(C)cc(C(=O)CSc2nnc(-c3ccc(Cl)cc3)o2)c1C. The van der Waals surface area contributed by atoms with Crippen LogP contribution in [0.4, 0.5) is 0 Å². The van der Waals surface area contributed by atoms with E-state index in [0.29, 0.717) is 28.3 Å². The lowest BCUT2D eigenvalue weighted by atomic mass is 10.2. The van der Waals surface area contributed by atoms with Crippen molar-refractivity contribution in [2.45, 2.75) is 32.0 Å². The molecule has 0 N–H and O–H groups in total. The van der Waals surface area contributed by atoms with Gasteiger partial charge in [0.15, 0.2) is 5.78 Å². The molecule has 1 atom stereocenters. The highest BCUT2D eigenvalue weighted by Crippen LogP contribution is 2.26. The Bertz CT molecular complexity index is 966. The van der Waals surface area contributed by atoms with Crippen molar-refractivity contribution in [3.8, 4) is 11.5 Å². The minimum absolute atomic E-state index is 0.0280. The Morgan fingerprint density at radius 1 is 1.29 bits per heavy atom. The number of Topliss-reactive ketones (excluding diaryl/α,β-unsaturated/α-hetero) is 1. The number of hydrogen-bond acceptors (Lipinski definition) is 6. The van der Waals surface area contributed by atoms with Gasteiger partial charge in [-0.25, -0.2) is 0 Å². The van der Waals surface area contributed by atoms with E-state index in [-0.39, 0.29) is 17.6 Å². The fraction of sp³-hybridized carbons (Fsp3) is 0.350. The molecule has 1 aromatic carbocycles. The smallest absolute Gasteiger partial charge is 0.277 e. The molecule has 28 heavy (non-hydrogen) atoms. The molecule has 3 aromatic rings. The number of benzene rings is 1. The zero-order chi connectivity index (χ0) is 20.3. The van der Waals surface area contributed by atoms with Crippen LogP contribution < -0.4 is 0 Å². The van der Waals surface area contributed by atoms with Crippen molar-refractivity contribution in [3.05, 3.63) is 52.3 Å². The molecule has 2 heterocycles. The topological polar surface area (TPSA) is 70.2 Å². The first-order valence-corrected chi connectivity index (χ1v) is 10.2. The molecule has 3 rings (SSSR count). The second kappa shape index (κ2) is 8.94. The summed E-state index contributed by atoms with van der Waals surface area (Å²) >= 11 is 7.13. The van der Waals surface area contributed by atoms with Crippen molar-refractivity contribution in [1.29, 1.82) is 0 Å². The van der Waals surface area contributed by atoms with E-state index in [0.717, 1.165) is 17.0 Å². The monoisotopic (exact) mass is 419 g/mol. The lowest BCUT2D eigenvalue weighted by molar-refractivity contribution is 0.102. The fourth-order valence-corrected chi connectivity index (χ4v) is 4.01. The number of carbonyl (C=O) groups is 1. The lowest BCUT2D eigenvalue weighted by Crippen LogP contribution is -2.14. The molecule has 0 amide bonds. The van der Waals surface area contributed by atoms with E-state index < -0.39 is 0 Å². The molecule has 148 valence electrons. The van der Waals surface area contributed by atoms with Crippen LogP contribution in [0.3, 0.4) is 0 Å². The van der Waals surface area contributed by atoms with E-state index in [4.69, 9.17) is 20.8 Å². The molecule has 0 aliphatic rings. The van der Waals surface area contributed by atoms with Gasteiger partial charge in [-0.2, -0.15) is 0 Å². The van der Waals surface area contributed by atoms with Crippen LogP contribution in [0, 0.1) is 13.8 Å². The third-order valence-corrected chi connectivity index (χ3v) is 5.53. The predicted octanol–water partition coefficient (Wildman–Crippen LogP) is 4.99. The van der Waals surface area contributed by atoms with Gasteiger partial charge >= 0.3 is 0 Å². The number of halogens is 1. The predicted molar refractivity (Wildman–Crippen MR) is 110 cm³/mol. The molecule has 6 nitrogen and oxygen atoms in total. The number of aryl methyl sites for hydroxylation is 1. The Balaban J connectivity index is 1.68. The second-order valence-corrected chi connectivity index (χ2v) is 7.91. The minimum Gasteiger partial charge on any atom is -0.411 e. The maximum Gasteiger partial charge on any atom is 0.277 e. The van der Waals surface area contributed by atoms with E-state index >= 15 is 0 Å². The van der Waals surface area contributed by atoms with Crippen LogP contribution in [-0.4, -0.2) is 40.0 Å². The molecule has 0 aliphatic carbocycles. The van der Waals surface area contributed by atoms with Crippen molar-refractivity contribution >= 4 is 29.1 Å². The highest BCUT2D eigenvalue weighted by molar-refractivity contribution is 7.99. The molecule has 8 heteroatoms. The van der Waals surface area contributed by atoms with Gasteiger partial charge in [0.25, 0.3) is 5.22 Å². The van der Waals surface area contributed by atoms with E-state index in [1.54, 1.807) is 19.2 Å². The summed E-state index contributed by atoms with van der Waals surface area (Å²) < 4.78 is 13.0. The number of rotatable bonds is 8. The van der Waals surface area contributed by atoms with Gasteiger partial charge in [-0.3, -0.25) is 4.79 Å². The molecule has 1 unspecified atom stereocenters. The zero-order valence-corrected chi connectivity index (χ0v) is 17.8. The van der Waals surface area contributed by atoms with Crippen molar-refractivity contribution in [3.63, 3.8) is 0 Å². The van der Waals surface area contributed by atoms with Crippen LogP contribution in [0.5, 0.6) is 0 Å². The molecule has 0 bridgehead atoms. The number of ketones is 1. The summed E-state index contributed by atoms with van der Waals surface area (Å²) in [6.07, 6.45) is 0. The average molecular weight is 420 g/mol. The summed E-state index contributed by atoms with van der Waals surface area (Å²) in [6.45, 7) is 6.62. The maximum absolute atomic E-state index is 12.7. The third kappa shape index (κ3) is 4.48. The van der Waals surface area contributed by atoms with Crippen LogP contribution in [0.1, 0.15) is 34.7 Å². The molecule has 0 radical (unpaired) electrons.